The van der Waals surface area contributed by atoms with E-state index < -0.39 is 5.60 Å². The van der Waals surface area contributed by atoms with E-state index in [0.717, 1.165) is 12.0 Å². The number of benzene rings is 1. The average Bonchev–Trinajstić information content (AvgIpc) is 2.41. The Morgan fingerprint density at radius 3 is 2.65 bits per heavy atom. The highest BCUT2D eigenvalue weighted by Gasteiger charge is 2.29. The Hall–Kier alpha value is -1.67. The van der Waals surface area contributed by atoms with Gasteiger partial charge in [-0.3, -0.25) is 4.79 Å². The molecule has 88 valence electrons. The average molecular weight is 228 g/mol. The van der Waals surface area contributed by atoms with Gasteiger partial charge in [0.15, 0.2) is 5.78 Å². The molecule has 2 rings (SSSR count). The first-order valence-corrected chi connectivity index (χ1v) is 5.73. The lowest BCUT2D eigenvalue weighted by atomic mass is 9.88. The van der Waals surface area contributed by atoms with Crippen molar-refractivity contribution >= 4 is 5.78 Å². The summed E-state index contributed by atoms with van der Waals surface area (Å²) in [5.41, 5.74) is 0.272. The second-order valence-corrected chi connectivity index (χ2v) is 4.23. The van der Waals surface area contributed by atoms with Crippen molar-refractivity contribution in [3.05, 3.63) is 60.2 Å². The van der Waals surface area contributed by atoms with E-state index in [-0.39, 0.29) is 5.78 Å². The largest absolute Gasteiger partial charge is 0.373 e. The van der Waals surface area contributed by atoms with Gasteiger partial charge >= 0.3 is 0 Å². The molecule has 0 aliphatic heterocycles. The molecule has 17 heavy (non-hydrogen) atoms. The van der Waals surface area contributed by atoms with Crippen LogP contribution in [0.15, 0.2) is 54.6 Å². The maximum Gasteiger partial charge on any atom is 0.166 e. The molecule has 1 atom stereocenters. The molecule has 1 unspecified atom stereocenters. The number of ether oxygens (including phenoxy) is 1. The van der Waals surface area contributed by atoms with Crippen molar-refractivity contribution in [1.29, 1.82) is 0 Å². The predicted molar refractivity (Wildman–Crippen MR) is 68.0 cm³/mol. The molecule has 0 heterocycles. The molecule has 0 bridgehead atoms. The number of methoxy groups -OCH3 is 1. The third kappa shape index (κ3) is 2.71. The number of ketones is 1. The van der Waals surface area contributed by atoms with Crippen LogP contribution in [0.25, 0.3) is 0 Å². The fraction of sp³-hybridized carbons (Fsp3) is 0.267. The molecular weight excluding hydrogens is 212 g/mol. The molecule has 0 saturated heterocycles. The van der Waals surface area contributed by atoms with Crippen molar-refractivity contribution in [3.63, 3.8) is 0 Å². The third-order valence-corrected chi connectivity index (χ3v) is 3.07. The molecule has 1 aromatic rings. The Morgan fingerprint density at radius 1 is 1.29 bits per heavy atom. The number of carbonyl (C=O) groups excluding carboxylic acids is 1. The van der Waals surface area contributed by atoms with E-state index in [1.807, 2.05) is 54.6 Å². The standard InChI is InChI=1S/C15H16O2/c1-17-15(10-6-3-7-11-15)12-14(16)13-8-4-2-5-9-13/h2-10H,11-12H2,1H3. The van der Waals surface area contributed by atoms with Crippen LogP contribution in [-0.2, 0) is 4.74 Å². The molecule has 0 aromatic heterocycles. The van der Waals surface area contributed by atoms with E-state index in [1.165, 1.54) is 0 Å². The summed E-state index contributed by atoms with van der Waals surface area (Å²) in [5, 5.41) is 0. The third-order valence-electron chi connectivity index (χ3n) is 3.07. The molecule has 0 spiro atoms. The zero-order valence-corrected chi connectivity index (χ0v) is 9.93. The van der Waals surface area contributed by atoms with E-state index in [9.17, 15) is 4.79 Å². The van der Waals surface area contributed by atoms with Crippen LogP contribution < -0.4 is 0 Å². The van der Waals surface area contributed by atoms with Crippen molar-refractivity contribution in [2.45, 2.75) is 18.4 Å². The minimum absolute atomic E-state index is 0.118. The minimum Gasteiger partial charge on any atom is -0.373 e. The lowest BCUT2D eigenvalue weighted by Gasteiger charge is -2.29. The second kappa shape index (κ2) is 5.11. The van der Waals surface area contributed by atoms with Crippen LogP contribution in [0.1, 0.15) is 23.2 Å². The Morgan fingerprint density at radius 2 is 2.06 bits per heavy atom. The number of hydrogen-bond acceptors (Lipinski definition) is 2. The normalized spacial score (nSPS) is 22.6. The van der Waals surface area contributed by atoms with Crippen molar-refractivity contribution in [2.75, 3.05) is 7.11 Å². The van der Waals surface area contributed by atoms with E-state index in [4.69, 9.17) is 4.74 Å². The zero-order chi connectivity index (χ0) is 12.1. The smallest absolute Gasteiger partial charge is 0.166 e. The summed E-state index contributed by atoms with van der Waals surface area (Å²) in [7, 11) is 1.65. The van der Waals surface area contributed by atoms with Gasteiger partial charge in [0.2, 0.25) is 0 Å². The number of allylic oxidation sites excluding steroid dienone is 2. The maximum atomic E-state index is 12.1. The first kappa shape index (κ1) is 11.8. The van der Waals surface area contributed by atoms with Crippen LogP contribution in [0, 0.1) is 0 Å². The summed E-state index contributed by atoms with van der Waals surface area (Å²) in [6.45, 7) is 0. The van der Waals surface area contributed by atoms with Gasteiger partial charge < -0.3 is 4.74 Å². The maximum absolute atomic E-state index is 12.1. The Labute approximate surface area is 102 Å². The molecule has 0 radical (unpaired) electrons. The molecule has 0 N–H and O–H groups in total. The quantitative estimate of drug-likeness (QED) is 0.740. The fourth-order valence-corrected chi connectivity index (χ4v) is 2.00. The molecule has 0 saturated carbocycles. The lowest BCUT2D eigenvalue weighted by Crippen LogP contribution is -2.32. The predicted octanol–water partition coefficient (Wildman–Crippen LogP) is 3.16. The highest BCUT2D eigenvalue weighted by molar-refractivity contribution is 5.96. The summed E-state index contributed by atoms with van der Waals surface area (Å²) >= 11 is 0. The zero-order valence-electron chi connectivity index (χ0n) is 9.93. The molecular formula is C15H16O2. The van der Waals surface area contributed by atoms with Crippen molar-refractivity contribution in [2.24, 2.45) is 0 Å². The molecule has 0 amide bonds. The first-order chi connectivity index (χ1) is 8.26. The Bertz CT molecular complexity index is 445. The van der Waals surface area contributed by atoms with Gasteiger partial charge in [0.05, 0.1) is 5.60 Å². The van der Waals surface area contributed by atoms with Gasteiger partial charge in [-0.25, -0.2) is 0 Å². The summed E-state index contributed by atoms with van der Waals surface area (Å²) in [5.74, 6) is 0.118. The number of rotatable bonds is 4. The Balaban J connectivity index is 2.12. The fourth-order valence-electron chi connectivity index (χ4n) is 2.00. The highest BCUT2D eigenvalue weighted by Crippen LogP contribution is 2.27. The summed E-state index contributed by atoms with van der Waals surface area (Å²) in [6, 6.07) is 9.35. The van der Waals surface area contributed by atoms with Crippen LogP contribution >= 0.6 is 0 Å². The van der Waals surface area contributed by atoms with Crippen molar-refractivity contribution < 1.29 is 9.53 Å². The van der Waals surface area contributed by atoms with Crippen molar-refractivity contribution in [3.8, 4) is 0 Å². The van der Waals surface area contributed by atoms with E-state index in [1.54, 1.807) is 7.11 Å². The van der Waals surface area contributed by atoms with Gasteiger partial charge in [-0.2, -0.15) is 0 Å². The summed E-state index contributed by atoms with van der Waals surface area (Å²) < 4.78 is 5.51. The van der Waals surface area contributed by atoms with E-state index in [0.29, 0.717) is 6.42 Å². The molecule has 2 nitrogen and oxygen atoms in total. The van der Waals surface area contributed by atoms with Crippen LogP contribution in [0.2, 0.25) is 0 Å². The van der Waals surface area contributed by atoms with Crippen LogP contribution in [0.4, 0.5) is 0 Å². The first-order valence-electron chi connectivity index (χ1n) is 5.73. The van der Waals surface area contributed by atoms with E-state index >= 15 is 0 Å². The minimum atomic E-state index is -0.471. The monoisotopic (exact) mass is 228 g/mol. The number of hydrogen-bond donors (Lipinski definition) is 0. The van der Waals surface area contributed by atoms with E-state index in [2.05, 4.69) is 0 Å². The number of Topliss-reactive ketones (excluding diaryl/α,β-unsaturated/α-hetero) is 1. The molecule has 2 heteroatoms. The lowest BCUT2D eigenvalue weighted by molar-refractivity contribution is 0.0266. The SMILES string of the molecule is COC1(CC(=O)c2ccccc2)C=CC=CC1. The topological polar surface area (TPSA) is 26.3 Å². The van der Waals surface area contributed by atoms with Gasteiger partial charge in [-0.15, -0.1) is 0 Å². The van der Waals surface area contributed by atoms with Gasteiger partial charge in [0, 0.05) is 19.1 Å². The number of carbonyl (C=O) groups is 1. The van der Waals surface area contributed by atoms with Crippen LogP contribution in [0.3, 0.4) is 0 Å². The Kier molecular flexibility index (Phi) is 3.55. The van der Waals surface area contributed by atoms with Gasteiger partial charge in [-0.05, 0) is 6.42 Å². The molecule has 0 fully saturated rings. The van der Waals surface area contributed by atoms with Crippen molar-refractivity contribution in [1.82, 2.24) is 0 Å². The van der Waals surface area contributed by atoms with Crippen LogP contribution in [-0.4, -0.2) is 18.5 Å². The summed E-state index contributed by atoms with van der Waals surface area (Å²) in [4.78, 5) is 12.1. The summed E-state index contributed by atoms with van der Waals surface area (Å²) in [6.07, 6.45) is 9.04. The van der Waals surface area contributed by atoms with Crippen LogP contribution in [0.5, 0.6) is 0 Å². The second-order valence-electron chi connectivity index (χ2n) is 4.23. The van der Waals surface area contributed by atoms with Gasteiger partial charge in [0.25, 0.3) is 0 Å². The molecule has 1 aliphatic rings. The molecule has 1 aromatic carbocycles. The highest BCUT2D eigenvalue weighted by atomic mass is 16.5. The van der Waals surface area contributed by atoms with Gasteiger partial charge in [0.1, 0.15) is 0 Å². The molecule has 1 aliphatic carbocycles. The van der Waals surface area contributed by atoms with Gasteiger partial charge in [-0.1, -0.05) is 54.6 Å².